The Morgan fingerprint density at radius 1 is 1.14 bits per heavy atom. The highest BCUT2D eigenvalue weighted by Crippen LogP contribution is 2.25. The summed E-state index contributed by atoms with van der Waals surface area (Å²) in [5.41, 5.74) is 0.409. The third-order valence-electron chi connectivity index (χ3n) is 3.32. The molecule has 1 aliphatic rings. The van der Waals surface area contributed by atoms with Gasteiger partial charge >= 0.3 is 0 Å². The Balaban J connectivity index is 1.98. The zero-order valence-electron chi connectivity index (χ0n) is 11.9. The standard InChI is InChI=1S/C13H16F2N2O3S2/c1-22(19,20)17-8-6-16(7-9-17)12(18)10-2-4-11(5-3-10)21-13(14)15/h2-5,13H,6-9H2,1H3. The third kappa shape index (κ3) is 4.40. The van der Waals surface area contributed by atoms with E-state index in [-0.39, 0.29) is 19.0 Å². The number of carbonyl (C=O) groups excluding carboxylic acids is 1. The Morgan fingerprint density at radius 2 is 1.68 bits per heavy atom. The molecule has 22 heavy (non-hydrogen) atoms. The van der Waals surface area contributed by atoms with E-state index in [0.717, 1.165) is 6.26 Å². The molecule has 0 spiro atoms. The van der Waals surface area contributed by atoms with E-state index in [4.69, 9.17) is 0 Å². The summed E-state index contributed by atoms with van der Waals surface area (Å²) >= 11 is 0.426. The lowest BCUT2D eigenvalue weighted by Crippen LogP contribution is -2.50. The highest BCUT2D eigenvalue weighted by atomic mass is 32.2. The lowest BCUT2D eigenvalue weighted by Gasteiger charge is -2.33. The predicted octanol–water partition coefficient (Wildman–Crippen LogP) is 1.72. The molecule has 0 radical (unpaired) electrons. The van der Waals surface area contributed by atoms with Gasteiger partial charge in [0.15, 0.2) is 0 Å². The second kappa shape index (κ2) is 6.93. The van der Waals surface area contributed by atoms with Crippen molar-refractivity contribution in [2.45, 2.75) is 10.7 Å². The van der Waals surface area contributed by atoms with Crippen molar-refractivity contribution in [2.24, 2.45) is 0 Å². The van der Waals surface area contributed by atoms with E-state index in [9.17, 15) is 22.0 Å². The van der Waals surface area contributed by atoms with Gasteiger partial charge in [0.2, 0.25) is 10.0 Å². The van der Waals surface area contributed by atoms with Crippen LogP contribution in [0.3, 0.4) is 0 Å². The number of halogens is 2. The van der Waals surface area contributed by atoms with Crippen molar-refractivity contribution in [3.8, 4) is 0 Å². The lowest BCUT2D eigenvalue weighted by atomic mass is 10.2. The van der Waals surface area contributed by atoms with E-state index in [1.54, 1.807) is 4.90 Å². The molecule has 1 amide bonds. The first-order chi connectivity index (χ1) is 10.3. The van der Waals surface area contributed by atoms with Gasteiger partial charge in [-0.3, -0.25) is 4.79 Å². The van der Waals surface area contributed by atoms with Crippen LogP contribution in [0.2, 0.25) is 0 Å². The van der Waals surface area contributed by atoms with Gasteiger partial charge in [0.25, 0.3) is 11.7 Å². The maximum Gasteiger partial charge on any atom is 0.288 e. The van der Waals surface area contributed by atoms with Crippen LogP contribution in [0.4, 0.5) is 8.78 Å². The van der Waals surface area contributed by atoms with Crippen molar-refractivity contribution < 1.29 is 22.0 Å². The summed E-state index contributed by atoms with van der Waals surface area (Å²) in [5.74, 6) is -2.72. The minimum Gasteiger partial charge on any atom is -0.336 e. The van der Waals surface area contributed by atoms with Gasteiger partial charge in [-0.2, -0.15) is 13.1 Å². The van der Waals surface area contributed by atoms with E-state index >= 15 is 0 Å². The topological polar surface area (TPSA) is 57.7 Å². The second-order valence-electron chi connectivity index (χ2n) is 4.86. The molecule has 0 bridgehead atoms. The predicted molar refractivity (Wildman–Crippen MR) is 80.6 cm³/mol. The quantitative estimate of drug-likeness (QED) is 0.776. The van der Waals surface area contributed by atoms with Crippen LogP contribution < -0.4 is 0 Å². The first-order valence-corrected chi connectivity index (χ1v) is 9.29. The van der Waals surface area contributed by atoms with Crippen molar-refractivity contribution >= 4 is 27.7 Å². The van der Waals surface area contributed by atoms with Gasteiger partial charge in [-0.05, 0) is 24.3 Å². The number of amides is 1. The summed E-state index contributed by atoms with van der Waals surface area (Å²) < 4.78 is 48.6. The highest BCUT2D eigenvalue weighted by Gasteiger charge is 2.26. The molecule has 122 valence electrons. The smallest absolute Gasteiger partial charge is 0.288 e. The van der Waals surface area contributed by atoms with Gasteiger partial charge in [0.05, 0.1) is 6.26 Å². The molecule has 0 aromatic heterocycles. The Labute approximate surface area is 132 Å². The number of thioether (sulfide) groups is 1. The molecular formula is C13H16F2N2O3S2. The molecule has 5 nitrogen and oxygen atoms in total. The number of hydrogen-bond donors (Lipinski definition) is 0. The van der Waals surface area contributed by atoms with Gasteiger partial charge in [-0.1, -0.05) is 11.8 Å². The summed E-state index contributed by atoms with van der Waals surface area (Å²) in [4.78, 5) is 14.3. The zero-order valence-corrected chi connectivity index (χ0v) is 13.5. The number of nitrogens with zero attached hydrogens (tertiary/aromatic N) is 2. The minimum atomic E-state index is -3.24. The third-order valence-corrected chi connectivity index (χ3v) is 5.35. The fraction of sp³-hybridized carbons (Fsp3) is 0.462. The molecule has 0 unspecified atom stereocenters. The monoisotopic (exact) mass is 350 g/mol. The molecule has 0 aliphatic carbocycles. The van der Waals surface area contributed by atoms with Crippen LogP contribution in [-0.2, 0) is 10.0 Å². The molecule has 0 atom stereocenters. The van der Waals surface area contributed by atoms with Crippen molar-refractivity contribution in [1.29, 1.82) is 0 Å². The fourth-order valence-electron chi connectivity index (χ4n) is 2.18. The average Bonchev–Trinajstić information content (AvgIpc) is 2.46. The largest absolute Gasteiger partial charge is 0.336 e. The SMILES string of the molecule is CS(=O)(=O)N1CCN(C(=O)c2ccc(SC(F)F)cc2)CC1. The Hall–Kier alpha value is -1.19. The second-order valence-corrected chi connectivity index (χ2v) is 7.90. The summed E-state index contributed by atoms with van der Waals surface area (Å²) in [5, 5.41) is 0. The lowest BCUT2D eigenvalue weighted by molar-refractivity contribution is 0.0698. The maximum atomic E-state index is 12.3. The summed E-state index contributed by atoms with van der Waals surface area (Å²) in [6.07, 6.45) is 1.14. The fourth-order valence-corrected chi connectivity index (χ4v) is 3.51. The van der Waals surface area contributed by atoms with Crippen molar-refractivity contribution in [2.75, 3.05) is 32.4 Å². The Bertz CT molecular complexity index is 627. The summed E-state index contributed by atoms with van der Waals surface area (Å²) in [6.45, 7) is 1.17. The van der Waals surface area contributed by atoms with Crippen LogP contribution in [0, 0.1) is 0 Å². The normalized spacial score (nSPS) is 17.0. The van der Waals surface area contributed by atoms with Gasteiger partial charge in [0.1, 0.15) is 0 Å². The van der Waals surface area contributed by atoms with E-state index < -0.39 is 15.8 Å². The number of rotatable bonds is 4. The number of sulfonamides is 1. The van der Waals surface area contributed by atoms with Gasteiger partial charge in [0, 0.05) is 36.6 Å². The van der Waals surface area contributed by atoms with Crippen LogP contribution in [0.5, 0.6) is 0 Å². The Morgan fingerprint density at radius 3 is 2.14 bits per heavy atom. The van der Waals surface area contributed by atoms with Crippen LogP contribution >= 0.6 is 11.8 Å². The molecule has 2 rings (SSSR count). The van der Waals surface area contributed by atoms with Gasteiger partial charge < -0.3 is 4.90 Å². The molecule has 1 aromatic rings. The molecule has 1 heterocycles. The van der Waals surface area contributed by atoms with Crippen molar-refractivity contribution in [3.05, 3.63) is 29.8 Å². The van der Waals surface area contributed by atoms with Crippen LogP contribution in [-0.4, -0.2) is 61.7 Å². The molecule has 1 aromatic carbocycles. The molecule has 0 saturated carbocycles. The van der Waals surface area contributed by atoms with E-state index in [1.807, 2.05) is 0 Å². The molecular weight excluding hydrogens is 334 g/mol. The van der Waals surface area contributed by atoms with Crippen molar-refractivity contribution in [3.63, 3.8) is 0 Å². The highest BCUT2D eigenvalue weighted by molar-refractivity contribution is 7.99. The first kappa shape index (κ1) is 17.2. The summed E-state index contributed by atoms with van der Waals surface area (Å²) in [7, 11) is -3.24. The number of alkyl halides is 2. The van der Waals surface area contributed by atoms with Crippen molar-refractivity contribution in [1.82, 2.24) is 9.21 Å². The van der Waals surface area contributed by atoms with Gasteiger partial charge in [-0.15, -0.1) is 0 Å². The zero-order chi connectivity index (χ0) is 16.3. The maximum absolute atomic E-state index is 12.3. The molecule has 0 N–H and O–H groups in total. The minimum absolute atomic E-state index is 0.221. The molecule has 1 aliphatic heterocycles. The van der Waals surface area contributed by atoms with E-state index in [0.29, 0.717) is 35.3 Å². The average molecular weight is 350 g/mol. The molecule has 1 fully saturated rings. The number of piperazine rings is 1. The van der Waals surface area contributed by atoms with Crippen LogP contribution in [0.25, 0.3) is 0 Å². The number of carbonyl (C=O) groups is 1. The van der Waals surface area contributed by atoms with Crippen LogP contribution in [0.1, 0.15) is 10.4 Å². The van der Waals surface area contributed by atoms with Crippen LogP contribution in [0.15, 0.2) is 29.2 Å². The number of benzene rings is 1. The van der Waals surface area contributed by atoms with E-state index in [2.05, 4.69) is 0 Å². The summed E-state index contributed by atoms with van der Waals surface area (Å²) in [6, 6.07) is 5.99. The van der Waals surface area contributed by atoms with E-state index in [1.165, 1.54) is 28.6 Å². The molecule has 1 saturated heterocycles. The Kier molecular flexibility index (Phi) is 5.41. The molecule has 9 heteroatoms. The number of hydrogen-bond acceptors (Lipinski definition) is 4. The van der Waals surface area contributed by atoms with Gasteiger partial charge in [-0.25, -0.2) is 8.42 Å². The first-order valence-electron chi connectivity index (χ1n) is 6.56.